The molecule has 4 heteroatoms. The van der Waals surface area contributed by atoms with Crippen LogP contribution >= 0.6 is 0 Å². The molecule has 2 aromatic rings. The predicted molar refractivity (Wildman–Crippen MR) is 126 cm³/mol. The van der Waals surface area contributed by atoms with Crippen LogP contribution in [0, 0.1) is 40.4 Å². The van der Waals surface area contributed by atoms with Crippen molar-refractivity contribution in [1.82, 2.24) is 9.97 Å². The minimum atomic E-state index is -0.0785. The number of benzene rings is 1. The molecule has 4 aliphatic rings. The first-order valence-electron chi connectivity index (χ1n) is 13.0. The van der Waals surface area contributed by atoms with Gasteiger partial charge in [0.1, 0.15) is 11.6 Å². The van der Waals surface area contributed by atoms with Gasteiger partial charge in [0.2, 0.25) is 0 Å². The molecule has 32 heavy (non-hydrogen) atoms. The summed E-state index contributed by atoms with van der Waals surface area (Å²) in [5, 5.41) is 10.3. The Morgan fingerprint density at radius 2 is 1.81 bits per heavy atom. The van der Waals surface area contributed by atoms with Crippen LogP contribution in [0.25, 0.3) is 11.0 Å². The number of para-hydroxylation sites is 2. The van der Waals surface area contributed by atoms with E-state index in [0.717, 1.165) is 48.0 Å². The number of hydrogen-bond acceptors (Lipinski definition) is 3. The van der Waals surface area contributed by atoms with Gasteiger partial charge in [-0.2, -0.15) is 0 Å². The maximum absolute atomic E-state index is 13.6. The van der Waals surface area contributed by atoms with Crippen LogP contribution in [0.3, 0.4) is 0 Å². The molecule has 1 aromatic carbocycles. The van der Waals surface area contributed by atoms with E-state index in [4.69, 9.17) is 0 Å². The smallest absolute Gasteiger partial charge is 0.144 e. The lowest BCUT2D eigenvalue weighted by Gasteiger charge is -2.60. The van der Waals surface area contributed by atoms with Gasteiger partial charge in [-0.15, -0.1) is 0 Å². The van der Waals surface area contributed by atoms with E-state index < -0.39 is 0 Å². The zero-order valence-corrected chi connectivity index (χ0v) is 19.6. The van der Waals surface area contributed by atoms with Gasteiger partial charge in [0.15, 0.2) is 0 Å². The van der Waals surface area contributed by atoms with Gasteiger partial charge in [0.25, 0.3) is 0 Å². The van der Waals surface area contributed by atoms with Crippen molar-refractivity contribution >= 4 is 16.8 Å². The lowest BCUT2D eigenvalue weighted by atomic mass is 9.44. The van der Waals surface area contributed by atoms with Gasteiger partial charge in [0.05, 0.1) is 23.6 Å². The molecule has 0 saturated heterocycles. The Morgan fingerprint density at radius 1 is 1.03 bits per heavy atom. The highest BCUT2D eigenvalue weighted by Gasteiger charge is 2.61. The highest BCUT2D eigenvalue weighted by Crippen LogP contribution is 2.67. The summed E-state index contributed by atoms with van der Waals surface area (Å²) < 4.78 is 0. The summed E-state index contributed by atoms with van der Waals surface area (Å²) in [4.78, 5) is 21.6. The summed E-state index contributed by atoms with van der Waals surface area (Å²) in [5.41, 5.74) is 2.53. The average molecular weight is 435 g/mol. The number of carbonyl (C=O) groups excluding carboxylic acids is 1. The number of hydrogen-bond donors (Lipinski definition) is 2. The molecular weight excluding hydrogens is 396 g/mol. The van der Waals surface area contributed by atoms with Crippen molar-refractivity contribution in [2.75, 3.05) is 0 Å². The summed E-state index contributed by atoms with van der Waals surface area (Å²) in [5.74, 6) is 4.35. The summed E-state index contributed by atoms with van der Waals surface area (Å²) in [6.45, 7) is 4.99. The van der Waals surface area contributed by atoms with E-state index in [2.05, 4.69) is 23.8 Å². The number of fused-ring (bicyclic) bond motifs is 6. The lowest BCUT2D eigenvalue weighted by molar-refractivity contribution is -0.139. The SMILES string of the molecule is C[C@]12CC[C@@H](O)C[C@H]1CC[C@@H]1[C@@H]2CC[C@]2(C)[C@@H](C(=O)Cc3nc4ccccc4[nH]3)CC[C@@H]12. The number of rotatable bonds is 3. The Hall–Kier alpha value is -1.68. The zero-order chi connectivity index (χ0) is 22.1. The number of ketones is 1. The lowest BCUT2D eigenvalue weighted by Crippen LogP contribution is -2.54. The van der Waals surface area contributed by atoms with Crippen molar-refractivity contribution in [3.05, 3.63) is 30.1 Å². The second-order valence-electron chi connectivity index (χ2n) is 12.1. The molecule has 0 aliphatic heterocycles. The highest BCUT2D eigenvalue weighted by molar-refractivity contribution is 5.85. The summed E-state index contributed by atoms with van der Waals surface area (Å²) >= 11 is 0. The van der Waals surface area contributed by atoms with Crippen LogP contribution in [0.1, 0.15) is 77.5 Å². The van der Waals surface area contributed by atoms with Crippen molar-refractivity contribution in [2.24, 2.45) is 40.4 Å². The number of nitrogens with zero attached hydrogens (tertiary/aromatic N) is 1. The molecule has 6 rings (SSSR count). The first kappa shape index (κ1) is 20.9. The van der Waals surface area contributed by atoms with Gasteiger partial charge in [-0.3, -0.25) is 4.79 Å². The van der Waals surface area contributed by atoms with E-state index in [1.807, 2.05) is 24.3 Å². The van der Waals surface area contributed by atoms with Crippen molar-refractivity contribution < 1.29 is 9.90 Å². The number of aromatic nitrogens is 2. The number of aliphatic hydroxyl groups is 1. The van der Waals surface area contributed by atoms with Gasteiger partial charge < -0.3 is 10.1 Å². The molecule has 1 heterocycles. The van der Waals surface area contributed by atoms with E-state index in [1.54, 1.807) is 0 Å². The quantitative estimate of drug-likeness (QED) is 0.652. The molecule has 0 radical (unpaired) electrons. The maximum Gasteiger partial charge on any atom is 0.144 e. The van der Waals surface area contributed by atoms with Crippen LogP contribution in [0.5, 0.6) is 0 Å². The minimum absolute atomic E-state index is 0.0785. The van der Waals surface area contributed by atoms with Gasteiger partial charge in [-0.05, 0) is 104 Å². The number of Topliss-reactive ketones (excluding diaryl/α,β-unsaturated/α-hetero) is 1. The Morgan fingerprint density at radius 3 is 2.66 bits per heavy atom. The van der Waals surface area contributed by atoms with Gasteiger partial charge >= 0.3 is 0 Å². The van der Waals surface area contributed by atoms with Crippen molar-refractivity contribution in [3.8, 4) is 0 Å². The molecule has 2 N–H and O–H groups in total. The summed E-state index contributed by atoms with van der Waals surface area (Å²) in [6.07, 6.45) is 10.9. The Balaban J connectivity index is 1.21. The number of aliphatic hydroxyl groups excluding tert-OH is 1. The predicted octanol–water partition coefficient (Wildman–Crippen LogP) is 5.69. The fourth-order valence-corrected chi connectivity index (χ4v) is 9.14. The molecule has 4 saturated carbocycles. The van der Waals surface area contributed by atoms with Gasteiger partial charge in [-0.25, -0.2) is 4.98 Å². The first-order valence-corrected chi connectivity index (χ1v) is 13.0. The van der Waals surface area contributed by atoms with Crippen molar-refractivity contribution in [2.45, 2.75) is 84.2 Å². The monoisotopic (exact) mass is 434 g/mol. The maximum atomic E-state index is 13.6. The number of carbonyl (C=O) groups is 1. The van der Waals surface area contributed by atoms with Crippen LogP contribution in [0.4, 0.5) is 0 Å². The van der Waals surface area contributed by atoms with Crippen LogP contribution in [0.2, 0.25) is 0 Å². The van der Waals surface area contributed by atoms with E-state index in [-0.39, 0.29) is 17.4 Å². The molecule has 0 unspecified atom stereocenters. The third-order valence-corrected chi connectivity index (χ3v) is 10.8. The number of H-pyrrole nitrogens is 1. The van der Waals surface area contributed by atoms with Crippen LogP contribution in [-0.2, 0) is 11.2 Å². The largest absolute Gasteiger partial charge is 0.393 e. The minimum Gasteiger partial charge on any atom is -0.393 e. The number of imidazole rings is 1. The molecule has 8 atom stereocenters. The summed E-state index contributed by atoms with van der Waals surface area (Å²) in [6, 6.07) is 8.05. The van der Waals surface area contributed by atoms with E-state index in [1.165, 1.54) is 38.5 Å². The zero-order valence-electron chi connectivity index (χ0n) is 19.6. The third-order valence-electron chi connectivity index (χ3n) is 10.8. The number of aromatic amines is 1. The van der Waals surface area contributed by atoms with Crippen molar-refractivity contribution in [1.29, 1.82) is 0 Å². The fourth-order valence-electron chi connectivity index (χ4n) is 9.14. The second-order valence-corrected chi connectivity index (χ2v) is 12.1. The average Bonchev–Trinajstić information content (AvgIpc) is 3.34. The summed E-state index contributed by atoms with van der Waals surface area (Å²) in [7, 11) is 0. The van der Waals surface area contributed by atoms with Gasteiger partial charge in [0, 0.05) is 5.92 Å². The molecule has 4 nitrogen and oxygen atoms in total. The molecule has 1 aromatic heterocycles. The standard InChI is InChI=1S/C28H38N2O2/c1-27-13-11-18(31)15-17(27)7-8-19-20-9-10-22(28(20,2)14-12-21(19)27)25(32)16-26-29-23-5-3-4-6-24(23)30-26/h3-6,17-22,31H,7-16H2,1-2H3,(H,29,30)/t17-,18-,19+,20+,21+,22-,27+,28+/m1/s1. The fraction of sp³-hybridized carbons (Fsp3) is 0.714. The molecule has 4 aliphatic carbocycles. The Labute approximate surface area is 191 Å². The van der Waals surface area contributed by atoms with Gasteiger partial charge in [-0.1, -0.05) is 26.0 Å². The number of nitrogens with one attached hydrogen (secondary N) is 1. The molecule has 4 fully saturated rings. The van der Waals surface area contributed by atoms with Crippen LogP contribution in [-0.4, -0.2) is 27.0 Å². The second kappa shape index (κ2) is 7.41. The highest BCUT2D eigenvalue weighted by atomic mass is 16.3. The molecular formula is C28H38N2O2. The first-order chi connectivity index (χ1) is 15.4. The molecule has 0 amide bonds. The van der Waals surface area contributed by atoms with E-state index in [0.29, 0.717) is 29.5 Å². The third kappa shape index (κ3) is 3.04. The molecule has 172 valence electrons. The normalized spacial score (nSPS) is 43.5. The van der Waals surface area contributed by atoms with Crippen LogP contribution in [0.15, 0.2) is 24.3 Å². The molecule has 0 bridgehead atoms. The topological polar surface area (TPSA) is 66.0 Å². The van der Waals surface area contributed by atoms with E-state index >= 15 is 0 Å². The van der Waals surface area contributed by atoms with E-state index in [9.17, 15) is 9.90 Å². The Kier molecular flexibility index (Phi) is 4.84. The molecule has 0 spiro atoms. The van der Waals surface area contributed by atoms with Crippen molar-refractivity contribution in [3.63, 3.8) is 0 Å². The Bertz CT molecular complexity index is 996. The van der Waals surface area contributed by atoms with Crippen LogP contribution < -0.4 is 0 Å².